The van der Waals surface area contributed by atoms with E-state index in [9.17, 15) is 9.59 Å². The van der Waals surface area contributed by atoms with Gasteiger partial charge < -0.3 is 9.47 Å². The molecule has 104 valence electrons. The molecule has 0 aliphatic heterocycles. The van der Waals surface area contributed by atoms with Gasteiger partial charge in [0.1, 0.15) is 0 Å². The molecule has 2 unspecified atom stereocenters. The Hall–Kier alpha value is -1.46. The van der Waals surface area contributed by atoms with E-state index in [1.165, 1.54) is 14.2 Å². The van der Waals surface area contributed by atoms with Crippen LogP contribution in [0.1, 0.15) is 39.5 Å². The minimum Gasteiger partial charge on any atom is -0.467 e. The molecule has 0 radical (unpaired) electrons. The van der Waals surface area contributed by atoms with Crippen LogP contribution in [0.3, 0.4) is 0 Å². The molecular weight excluding hydrogens is 236 g/mol. The van der Waals surface area contributed by atoms with Crippen LogP contribution in [-0.4, -0.2) is 38.2 Å². The van der Waals surface area contributed by atoms with Crippen LogP contribution in [0.15, 0.2) is 10.2 Å². The molecule has 0 bridgehead atoms. The smallest absolute Gasteiger partial charge is 0.332 e. The summed E-state index contributed by atoms with van der Waals surface area (Å²) in [7, 11) is 2.62. The third-order valence-electron chi connectivity index (χ3n) is 2.42. The maximum Gasteiger partial charge on any atom is 0.332 e. The molecule has 0 amide bonds. The first-order chi connectivity index (χ1) is 8.60. The van der Waals surface area contributed by atoms with Gasteiger partial charge in [-0.15, -0.1) is 0 Å². The minimum atomic E-state index is -0.635. The normalized spacial score (nSPS) is 14.2. The van der Waals surface area contributed by atoms with Gasteiger partial charge in [0.15, 0.2) is 12.1 Å². The van der Waals surface area contributed by atoms with Gasteiger partial charge in [0, 0.05) is 0 Å². The van der Waals surface area contributed by atoms with E-state index in [0.717, 1.165) is 12.8 Å². The van der Waals surface area contributed by atoms with Gasteiger partial charge in [-0.1, -0.05) is 26.7 Å². The molecule has 0 N–H and O–H groups in total. The third-order valence-corrected chi connectivity index (χ3v) is 2.42. The summed E-state index contributed by atoms with van der Waals surface area (Å²) in [5.74, 6) is -0.860. The van der Waals surface area contributed by atoms with Crippen molar-refractivity contribution < 1.29 is 19.1 Å². The first kappa shape index (κ1) is 16.5. The third kappa shape index (κ3) is 5.75. The lowest BCUT2D eigenvalue weighted by atomic mass is 10.2. The number of ether oxygens (including phenoxy) is 2. The number of esters is 2. The van der Waals surface area contributed by atoms with Crippen LogP contribution in [0.5, 0.6) is 0 Å². The van der Waals surface area contributed by atoms with Crippen molar-refractivity contribution in [3.63, 3.8) is 0 Å². The Morgan fingerprint density at radius 1 is 0.889 bits per heavy atom. The fourth-order valence-electron chi connectivity index (χ4n) is 1.43. The molecule has 6 nitrogen and oxygen atoms in total. The van der Waals surface area contributed by atoms with Gasteiger partial charge >= 0.3 is 11.9 Å². The number of methoxy groups -OCH3 is 2. The van der Waals surface area contributed by atoms with Crippen LogP contribution in [-0.2, 0) is 19.1 Å². The van der Waals surface area contributed by atoms with Crippen LogP contribution in [0.4, 0.5) is 0 Å². The predicted octanol–water partition coefficient (Wildman–Crippen LogP) is 2.12. The summed E-state index contributed by atoms with van der Waals surface area (Å²) < 4.78 is 9.27. The van der Waals surface area contributed by atoms with Crippen LogP contribution < -0.4 is 0 Å². The largest absolute Gasteiger partial charge is 0.467 e. The highest BCUT2D eigenvalue weighted by molar-refractivity contribution is 5.76. The van der Waals surface area contributed by atoms with Crippen LogP contribution >= 0.6 is 0 Å². The predicted molar refractivity (Wildman–Crippen MR) is 66.3 cm³/mol. The van der Waals surface area contributed by atoms with Crippen molar-refractivity contribution in [3.8, 4) is 0 Å². The first-order valence-corrected chi connectivity index (χ1v) is 6.16. The van der Waals surface area contributed by atoms with Crippen LogP contribution in [0.25, 0.3) is 0 Å². The van der Waals surface area contributed by atoms with Gasteiger partial charge in [-0.05, 0) is 12.8 Å². The van der Waals surface area contributed by atoms with E-state index >= 15 is 0 Å². The molecule has 0 saturated heterocycles. The zero-order valence-electron chi connectivity index (χ0n) is 11.5. The van der Waals surface area contributed by atoms with Crippen LogP contribution in [0, 0.1) is 0 Å². The van der Waals surface area contributed by atoms with E-state index in [1.807, 2.05) is 13.8 Å². The number of carbonyl (C=O) groups is 2. The molecule has 0 aliphatic carbocycles. The number of hydrogen-bond acceptors (Lipinski definition) is 6. The molecule has 0 spiro atoms. The summed E-state index contributed by atoms with van der Waals surface area (Å²) in [5, 5.41) is 7.84. The van der Waals surface area contributed by atoms with Crippen molar-refractivity contribution in [2.45, 2.75) is 51.6 Å². The zero-order valence-corrected chi connectivity index (χ0v) is 11.5. The molecule has 6 heteroatoms. The number of azo groups is 1. The van der Waals surface area contributed by atoms with Gasteiger partial charge in [-0.3, -0.25) is 0 Å². The fraction of sp³-hybridized carbons (Fsp3) is 0.833. The van der Waals surface area contributed by atoms with Gasteiger partial charge in [-0.25, -0.2) is 9.59 Å². The molecule has 2 atom stereocenters. The van der Waals surface area contributed by atoms with Crippen molar-refractivity contribution in [3.05, 3.63) is 0 Å². The number of rotatable bonds is 8. The number of nitrogens with zero attached hydrogens (tertiary/aromatic N) is 2. The Morgan fingerprint density at radius 2 is 1.22 bits per heavy atom. The van der Waals surface area contributed by atoms with E-state index in [2.05, 4.69) is 19.7 Å². The second-order valence-corrected chi connectivity index (χ2v) is 3.89. The van der Waals surface area contributed by atoms with Crippen molar-refractivity contribution in [1.29, 1.82) is 0 Å². The number of hydrogen-bond donors (Lipinski definition) is 0. The zero-order chi connectivity index (χ0) is 14.0. The molecule has 0 aromatic rings. The van der Waals surface area contributed by atoms with Gasteiger partial charge in [0.05, 0.1) is 14.2 Å². The Morgan fingerprint density at radius 3 is 1.44 bits per heavy atom. The molecular formula is C12H22N2O4. The minimum absolute atomic E-state index is 0.430. The SMILES string of the molecule is CCCC(/N=N/C(CCC)C(=O)OC)C(=O)OC. The monoisotopic (exact) mass is 258 g/mol. The summed E-state index contributed by atoms with van der Waals surface area (Å²) in [6.45, 7) is 3.88. The maximum absolute atomic E-state index is 11.4. The quantitative estimate of drug-likeness (QED) is 0.493. The van der Waals surface area contributed by atoms with E-state index in [-0.39, 0.29) is 0 Å². The summed E-state index contributed by atoms with van der Waals surface area (Å²) in [6, 6.07) is -1.27. The van der Waals surface area contributed by atoms with Crippen molar-refractivity contribution >= 4 is 11.9 Å². The average Bonchev–Trinajstić information content (AvgIpc) is 2.40. The molecule has 0 rings (SSSR count). The fourth-order valence-corrected chi connectivity index (χ4v) is 1.43. The van der Waals surface area contributed by atoms with Crippen LogP contribution in [0.2, 0.25) is 0 Å². The van der Waals surface area contributed by atoms with E-state index in [0.29, 0.717) is 12.8 Å². The summed E-state index contributed by atoms with van der Waals surface area (Å²) in [4.78, 5) is 22.8. The summed E-state index contributed by atoms with van der Waals surface area (Å²) in [5.41, 5.74) is 0. The standard InChI is InChI=1S/C12H22N2O4/c1-5-7-9(11(15)17-3)13-14-10(8-6-2)12(16)18-4/h9-10H,5-8H2,1-4H3/b14-13+. The molecule has 0 fully saturated rings. The molecule has 18 heavy (non-hydrogen) atoms. The first-order valence-electron chi connectivity index (χ1n) is 6.16. The summed E-state index contributed by atoms with van der Waals surface area (Å²) in [6.07, 6.45) is 2.68. The van der Waals surface area contributed by atoms with E-state index in [1.54, 1.807) is 0 Å². The van der Waals surface area contributed by atoms with E-state index < -0.39 is 24.0 Å². The second-order valence-electron chi connectivity index (χ2n) is 3.89. The Bertz CT molecular complexity index is 264. The topological polar surface area (TPSA) is 77.3 Å². The van der Waals surface area contributed by atoms with Gasteiger partial charge in [0.2, 0.25) is 0 Å². The van der Waals surface area contributed by atoms with Crippen molar-refractivity contribution in [1.82, 2.24) is 0 Å². The lowest BCUT2D eigenvalue weighted by molar-refractivity contribution is -0.144. The molecule has 0 aliphatic rings. The second kappa shape index (κ2) is 9.56. The highest BCUT2D eigenvalue weighted by Crippen LogP contribution is 2.09. The van der Waals surface area contributed by atoms with E-state index in [4.69, 9.17) is 0 Å². The number of carbonyl (C=O) groups excluding carboxylic acids is 2. The van der Waals surface area contributed by atoms with Gasteiger partial charge in [-0.2, -0.15) is 10.2 Å². The summed E-state index contributed by atoms with van der Waals surface area (Å²) >= 11 is 0. The molecule has 0 aromatic carbocycles. The Kier molecular flexibility index (Phi) is 8.78. The maximum atomic E-state index is 11.4. The molecule has 0 aromatic heterocycles. The average molecular weight is 258 g/mol. The Labute approximate surface area is 108 Å². The van der Waals surface area contributed by atoms with Crippen molar-refractivity contribution in [2.75, 3.05) is 14.2 Å². The molecule has 0 heterocycles. The van der Waals surface area contributed by atoms with Crippen molar-refractivity contribution in [2.24, 2.45) is 10.2 Å². The molecule has 0 saturated carbocycles. The lowest BCUT2D eigenvalue weighted by Gasteiger charge is -2.10. The highest BCUT2D eigenvalue weighted by atomic mass is 16.5. The lowest BCUT2D eigenvalue weighted by Crippen LogP contribution is -2.23. The highest BCUT2D eigenvalue weighted by Gasteiger charge is 2.21. The van der Waals surface area contributed by atoms with Gasteiger partial charge in [0.25, 0.3) is 0 Å². The Balaban J connectivity index is 4.68.